The van der Waals surface area contributed by atoms with Crippen LogP contribution in [0.3, 0.4) is 0 Å². The van der Waals surface area contributed by atoms with Gasteiger partial charge in [0, 0.05) is 11.8 Å². The fraction of sp³-hybridized carbons (Fsp3) is 0.316. The maximum Gasteiger partial charge on any atom is 0.289 e. The Labute approximate surface area is 169 Å². The van der Waals surface area contributed by atoms with Crippen molar-refractivity contribution in [2.75, 3.05) is 31.5 Å². The van der Waals surface area contributed by atoms with Crippen molar-refractivity contribution in [3.63, 3.8) is 0 Å². The van der Waals surface area contributed by atoms with E-state index in [-0.39, 0.29) is 29.9 Å². The van der Waals surface area contributed by atoms with Gasteiger partial charge in [0.1, 0.15) is 0 Å². The number of hydrogen-bond acceptors (Lipinski definition) is 5. The van der Waals surface area contributed by atoms with Gasteiger partial charge in [-0.1, -0.05) is 30.3 Å². The van der Waals surface area contributed by atoms with Gasteiger partial charge in [-0.2, -0.15) is 4.31 Å². The predicted octanol–water partition coefficient (Wildman–Crippen LogP) is 0.511. The van der Waals surface area contributed by atoms with Crippen molar-refractivity contribution in [2.24, 2.45) is 0 Å². The molecule has 3 rings (SSSR count). The first-order chi connectivity index (χ1) is 13.8. The maximum atomic E-state index is 12.9. The zero-order valence-electron chi connectivity index (χ0n) is 15.9. The van der Waals surface area contributed by atoms with Crippen LogP contribution in [-0.2, 0) is 14.8 Å². The van der Waals surface area contributed by atoms with Gasteiger partial charge in [0.25, 0.3) is 11.6 Å². The number of piperazine rings is 1. The van der Waals surface area contributed by atoms with Crippen molar-refractivity contribution in [1.29, 1.82) is 0 Å². The van der Waals surface area contributed by atoms with E-state index < -0.39 is 20.6 Å². The zero-order valence-corrected chi connectivity index (χ0v) is 16.8. The number of nitrogens with one attached hydrogen (secondary N) is 2. The van der Waals surface area contributed by atoms with E-state index >= 15 is 0 Å². The molecule has 1 fully saturated rings. The Morgan fingerprint density at radius 1 is 1.10 bits per heavy atom. The number of para-hydroxylation sites is 2. The van der Waals surface area contributed by atoms with E-state index in [9.17, 15) is 23.3 Å². The molecule has 1 aliphatic rings. The molecular formula is C19H23N4O5S+. The van der Waals surface area contributed by atoms with Crippen molar-refractivity contribution in [1.82, 2.24) is 4.31 Å². The molecule has 0 unspecified atom stereocenters. The van der Waals surface area contributed by atoms with Crippen LogP contribution in [0.5, 0.6) is 0 Å². The number of rotatable bonds is 6. The minimum atomic E-state index is -3.98. The average Bonchev–Trinajstić information content (AvgIpc) is 2.74. The predicted molar refractivity (Wildman–Crippen MR) is 107 cm³/mol. The molecule has 2 aromatic carbocycles. The molecule has 0 aliphatic carbocycles. The molecule has 154 valence electrons. The standard InChI is InChI=1S/C19H22N4O5S/c1-15(19(24)20-16-7-3-2-4-8-16)21-11-13-22(14-12-21)29(27,28)18-10-6-5-9-17(18)23(25)26/h2-10,15H,11-14H2,1H3,(H,20,24)/p+1/t15-/m0/s1. The minimum Gasteiger partial charge on any atom is -0.323 e. The third-order valence-corrected chi connectivity index (χ3v) is 7.04. The van der Waals surface area contributed by atoms with Gasteiger partial charge in [-0.15, -0.1) is 0 Å². The van der Waals surface area contributed by atoms with E-state index in [0.717, 1.165) is 4.90 Å². The number of benzene rings is 2. The normalized spacial score (nSPS) is 16.9. The van der Waals surface area contributed by atoms with Crippen LogP contribution in [0.25, 0.3) is 0 Å². The summed E-state index contributed by atoms with van der Waals surface area (Å²) < 4.78 is 27.0. The molecule has 0 spiro atoms. The lowest BCUT2D eigenvalue weighted by atomic mass is 10.2. The Balaban J connectivity index is 1.65. The third kappa shape index (κ3) is 4.61. The van der Waals surface area contributed by atoms with Crippen LogP contribution in [0.15, 0.2) is 59.5 Å². The molecule has 0 radical (unpaired) electrons. The highest BCUT2D eigenvalue weighted by Gasteiger charge is 2.37. The maximum absolute atomic E-state index is 12.9. The summed E-state index contributed by atoms with van der Waals surface area (Å²) in [5.74, 6) is -0.138. The summed E-state index contributed by atoms with van der Waals surface area (Å²) in [5, 5.41) is 14.1. The fourth-order valence-electron chi connectivity index (χ4n) is 3.37. The summed E-state index contributed by atoms with van der Waals surface area (Å²) in [6.45, 7) is 3.05. The number of amides is 1. The van der Waals surface area contributed by atoms with Crippen molar-refractivity contribution in [3.05, 3.63) is 64.7 Å². The molecule has 1 amide bonds. The largest absolute Gasteiger partial charge is 0.323 e. The highest BCUT2D eigenvalue weighted by molar-refractivity contribution is 7.89. The lowest BCUT2D eigenvalue weighted by Gasteiger charge is -2.34. The van der Waals surface area contributed by atoms with Crippen LogP contribution in [0.2, 0.25) is 0 Å². The summed E-state index contributed by atoms with van der Waals surface area (Å²) in [4.78, 5) is 23.7. The lowest BCUT2D eigenvalue weighted by Crippen LogP contribution is -3.19. The van der Waals surface area contributed by atoms with Crippen molar-refractivity contribution in [2.45, 2.75) is 17.9 Å². The van der Waals surface area contributed by atoms with E-state index in [0.29, 0.717) is 18.8 Å². The molecule has 2 N–H and O–H groups in total. The summed E-state index contributed by atoms with van der Waals surface area (Å²) in [7, 11) is -3.98. The number of carbonyl (C=O) groups excluding carboxylic acids is 1. The van der Waals surface area contributed by atoms with E-state index in [1.54, 1.807) is 19.1 Å². The summed E-state index contributed by atoms with van der Waals surface area (Å²) in [6, 6.07) is 14.1. The first kappa shape index (κ1) is 20.9. The van der Waals surface area contributed by atoms with Gasteiger partial charge in [0.15, 0.2) is 10.9 Å². The fourth-order valence-corrected chi connectivity index (χ4v) is 4.97. The molecule has 9 nitrogen and oxygen atoms in total. The van der Waals surface area contributed by atoms with E-state index in [1.807, 2.05) is 18.2 Å². The van der Waals surface area contributed by atoms with E-state index in [4.69, 9.17) is 0 Å². The molecule has 2 aromatic rings. The van der Waals surface area contributed by atoms with E-state index in [2.05, 4.69) is 5.32 Å². The Morgan fingerprint density at radius 2 is 1.69 bits per heavy atom. The smallest absolute Gasteiger partial charge is 0.289 e. The van der Waals surface area contributed by atoms with Crippen LogP contribution in [0, 0.1) is 10.1 Å². The van der Waals surface area contributed by atoms with Crippen LogP contribution < -0.4 is 10.2 Å². The van der Waals surface area contributed by atoms with Gasteiger partial charge < -0.3 is 10.2 Å². The molecule has 29 heavy (non-hydrogen) atoms. The number of nitro groups is 1. The molecule has 0 saturated carbocycles. The first-order valence-electron chi connectivity index (χ1n) is 9.25. The molecule has 0 aromatic heterocycles. The van der Waals surface area contributed by atoms with Crippen LogP contribution in [-0.4, -0.2) is 55.8 Å². The number of nitro benzene ring substituents is 1. The number of carbonyl (C=O) groups is 1. The highest BCUT2D eigenvalue weighted by Crippen LogP contribution is 2.26. The molecular weight excluding hydrogens is 396 g/mol. The first-order valence-corrected chi connectivity index (χ1v) is 10.7. The Morgan fingerprint density at radius 3 is 2.31 bits per heavy atom. The lowest BCUT2D eigenvalue weighted by molar-refractivity contribution is -0.917. The van der Waals surface area contributed by atoms with Gasteiger partial charge in [0.2, 0.25) is 10.0 Å². The molecule has 1 saturated heterocycles. The third-order valence-electron chi connectivity index (χ3n) is 5.09. The summed E-state index contributed by atoms with van der Waals surface area (Å²) in [6.07, 6.45) is 0. The van der Waals surface area contributed by atoms with Crippen molar-refractivity contribution < 1.29 is 23.0 Å². The second-order valence-electron chi connectivity index (χ2n) is 6.86. The van der Waals surface area contributed by atoms with Gasteiger partial charge in [-0.05, 0) is 25.1 Å². The van der Waals surface area contributed by atoms with Crippen molar-refractivity contribution in [3.8, 4) is 0 Å². The van der Waals surface area contributed by atoms with Gasteiger partial charge in [-0.25, -0.2) is 8.42 Å². The van der Waals surface area contributed by atoms with Crippen LogP contribution >= 0.6 is 0 Å². The second kappa shape index (κ2) is 8.68. The Hall–Kier alpha value is -2.82. The molecule has 1 atom stereocenters. The second-order valence-corrected chi connectivity index (χ2v) is 8.77. The number of sulfonamides is 1. The monoisotopic (exact) mass is 419 g/mol. The van der Waals surface area contributed by atoms with Crippen LogP contribution in [0.1, 0.15) is 6.92 Å². The SMILES string of the molecule is C[C@@H](C(=O)Nc1ccccc1)[NH+]1CCN(S(=O)(=O)c2ccccc2[N+](=O)[O-])CC1. The number of hydrogen-bond donors (Lipinski definition) is 2. The number of quaternary nitrogens is 1. The average molecular weight is 419 g/mol. The van der Waals surface area contributed by atoms with E-state index in [1.165, 1.54) is 28.6 Å². The summed E-state index contributed by atoms with van der Waals surface area (Å²) in [5.41, 5.74) is 0.277. The highest BCUT2D eigenvalue weighted by atomic mass is 32.2. The number of anilines is 1. The number of nitrogens with zero attached hydrogens (tertiary/aromatic N) is 2. The Bertz CT molecular complexity index is 989. The van der Waals surface area contributed by atoms with Crippen LogP contribution in [0.4, 0.5) is 11.4 Å². The Kier molecular flexibility index (Phi) is 6.26. The van der Waals surface area contributed by atoms with Gasteiger partial charge >= 0.3 is 0 Å². The molecule has 1 heterocycles. The van der Waals surface area contributed by atoms with Gasteiger partial charge in [-0.3, -0.25) is 14.9 Å². The van der Waals surface area contributed by atoms with Gasteiger partial charge in [0.05, 0.1) is 31.1 Å². The zero-order chi connectivity index (χ0) is 21.0. The molecule has 0 bridgehead atoms. The topological polar surface area (TPSA) is 114 Å². The quantitative estimate of drug-likeness (QED) is 0.523. The minimum absolute atomic E-state index is 0.138. The van der Waals surface area contributed by atoms with Crippen molar-refractivity contribution >= 4 is 27.3 Å². The molecule has 1 aliphatic heterocycles. The summed E-state index contributed by atoms with van der Waals surface area (Å²) >= 11 is 0. The molecule has 10 heteroatoms.